The van der Waals surface area contributed by atoms with Gasteiger partial charge in [-0.25, -0.2) is 0 Å². The Morgan fingerprint density at radius 3 is 2.50 bits per heavy atom. The number of benzene rings is 1. The summed E-state index contributed by atoms with van der Waals surface area (Å²) in [7, 11) is 1.91. The Labute approximate surface area is 107 Å². The first kappa shape index (κ1) is 12.6. The largest absolute Gasteiger partial charge is 0.453 e. The first-order valence-electron chi connectivity index (χ1n) is 6.01. The highest BCUT2D eigenvalue weighted by Crippen LogP contribution is 2.32. The maximum Gasteiger partial charge on any atom is 0.171 e. The molecule has 2 aromatic rings. The molecule has 0 atom stereocenters. The van der Waals surface area contributed by atoms with E-state index in [2.05, 4.69) is 5.10 Å². The van der Waals surface area contributed by atoms with Crippen molar-refractivity contribution in [3.05, 3.63) is 40.7 Å². The molecule has 0 aliphatic heterocycles. The van der Waals surface area contributed by atoms with Gasteiger partial charge in [-0.15, -0.1) is 0 Å². The van der Waals surface area contributed by atoms with Gasteiger partial charge in [-0.05, 0) is 26.3 Å². The molecule has 0 radical (unpaired) electrons. The van der Waals surface area contributed by atoms with E-state index in [0.717, 1.165) is 34.0 Å². The lowest BCUT2D eigenvalue weighted by Gasteiger charge is -2.13. The number of aromatic nitrogens is 2. The summed E-state index contributed by atoms with van der Waals surface area (Å²) in [6, 6.07) is 6.01. The van der Waals surface area contributed by atoms with Gasteiger partial charge < -0.3 is 10.5 Å². The van der Waals surface area contributed by atoms with Crippen molar-refractivity contribution < 1.29 is 4.74 Å². The average molecular weight is 245 g/mol. The summed E-state index contributed by atoms with van der Waals surface area (Å²) in [6.45, 7) is 6.43. The van der Waals surface area contributed by atoms with Crippen LogP contribution in [0, 0.1) is 20.8 Å². The smallest absolute Gasteiger partial charge is 0.171 e. The van der Waals surface area contributed by atoms with Crippen LogP contribution in [-0.2, 0) is 13.6 Å². The van der Waals surface area contributed by atoms with Crippen LogP contribution in [0.5, 0.6) is 11.5 Å². The standard InChI is InChI=1S/C14H19N3O/c1-9-6-5-7-12(8-15)13(9)18-14-10(2)16-17(4)11(14)3/h5-7H,8,15H2,1-4H3. The van der Waals surface area contributed by atoms with E-state index in [1.807, 2.05) is 50.7 Å². The monoisotopic (exact) mass is 245 g/mol. The van der Waals surface area contributed by atoms with E-state index >= 15 is 0 Å². The van der Waals surface area contributed by atoms with Crippen LogP contribution in [-0.4, -0.2) is 9.78 Å². The minimum absolute atomic E-state index is 0.468. The van der Waals surface area contributed by atoms with Crippen molar-refractivity contribution in [1.29, 1.82) is 0 Å². The lowest BCUT2D eigenvalue weighted by molar-refractivity contribution is 0.464. The first-order valence-corrected chi connectivity index (χ1v) is 6.01. The SMILES string of the molecule is Cc1cccc(CN)c1Oc1c(C)nn(C)c1C. The van der Waals surface area contributed by atoms with Crippen LogP contribution in [0.2, 0.25) is 0 Å². The summed E-state index contributed by atoms with van der Waals surface area (Å²) in [4.78, 5) is 0. The Balaban J connectivity index is 2.46. The Kier molecular flexibility index (Phi) is 3.39. The molecule has 1 heterocycles. The van der Waals surface area contributed by atoms with Crippen molar-refractivity contribution >= 4 is 0 Å². The second-order valence-electron chi connectivity index (χ2n) is 4.49. The molecule has 0 bridgehead atoms. The van der Waals surface area contributed by atoms with Crippen LogP contribution in [0.1, 0.15) is 22.5 Å². The molecule has 1 aromatic carbocycles. The molecular formula is C14H19N3O. The molecule has 2 N–H and O–H groups in total. The number of para-hydroxylation sites is 1. The number of rotatable bonds is 3. The van der Waals surface area contributed by atoms with Crippen molar-refractivity contribution in [1.82, 2.24) is 9.78 Å². The zero-order valence-corrected chi connectivity index (χ0v) is 11.3. The normalized spacial score (nSPS) is 10.7. The summed E-state index contributed by atoms with van der Waals surface area (Å²) in [5.74, 6) is 1.67. The molecule has 18 heavy (non-hydrogen) atoms. The minimum atomic E-state index is 0.468. The van der Waals surface area contributed by atoms with Crippen LogP contribution in [0.4, 0.5) is 0 Å². The Hall–Kier alpha value is -1.81. The quantitative estimate of drug-likeness (QED) is 0.904. The van der Waals surface area contributed by atoms with Crippen molar-refractivity contribution in [2.75, 3.05) is 0 Å². The van der Waals surface area contributed by atoms with E-state index in [1.165, 1.54) is 0 Å². The van der Waals surface area contributed by atoms with Gasteiger partial charge in [0.2, 0.25) is 0 Å². The fourth-order valence-electron chi connectivity index (χ4n) is 2.02. The van der Waals surface area contributed by atoms with Crippen LogP contribution in [0.15, 0.2) is 18.2 Å². The van der Waals surface area contributed by atoms with Crippen LogP contribution >= 0.6 is 0 Å². The van der Waals surface area contributed by atoms with Gasteiger partial charge in [0, 0.05) is 19.2 Å². The zero-order chi connectivity index (χ0) is 13.3. The van der Waals surface area contributed by atoms with E-state index in [-0.39, 0.29) is 0 Å². The number of ether oxygens (including phenoxy) is 1. The summed E-state index contributed by atoms with van der Waals surface area (Å²) in [6.07, 6.45) is 0. The summed E-state index contributed by atoms with van der Waals surface area (Å²) in [5.41, 5.74) is 9.75. The third kappa shape index (κ3) is 2.11. The lowest BCUT2D eigenvalue weighted by atomic mass is 10.1. The van der Waals surface area contributed by atoms with E-state index in [0.29, 0.717) is 6.54 Å². The van der Waals surface area contributed by atoms with Crippen molar-refractivity contribution in [2.24, 2.45) is 12.8 Å². The molecule has 0 unspecified atom stereocenters. The van der Waals surface area contributed by atoms with Gasteiger partial charge in [0.25, 0.3) is 0 Å². The van der Waals surface area contributed by atoms with E-state index in [9.17, 15) is 0 Å². The third-order valence-electron chi connectivity index (χ3n) is 3.16. The molecule has 4 nitrogen and oxygen atoms in total. The second-order valence-corrected chi connectivity index (χ2v) is 4.49. The van der Waals surface area contributed by atoms with Crippen molar-refractivity contribution in [3.63, 3.8) is 0 Å². The molecule has 0 saturated heterocycles. The van der Waals surface area contributed by atoms with Crippen LogP contribution in [0.3, 0.4) is 0 Å². The maximum absolute atomic E-state index is 6.05. The average Bonchev–Trinajstić information content (AvgIpc) is 2.58. The number of hydrogen-bond donors (Lipinski definition) is 1. The highest BCUT2D eigenvalue weighted by atomic mass is 16.5. The molecule has 0 aliphatic carbocycles. The van der Waals surface area contributed by atoms with E-state index in [1.54, 1.807) is 0 Å². The molecule has 2 rings (SSSR count). The van der Waals surface area contributed by atoms with E-state index < -0.39 is 0 Å². The third-order valence-corrected chi connectivity index (χ3v) is 3.16. The number of aryl methyl sites for hydroxylation is 3. The molecule has 0 fully saturated rings. The number of nitrogens with two attached hydrogens (primary N) is 1. The Bertz CT molecular complexity index is 573. The van der Waals surface area contributed by atoms with E-state index in [4.69, 9.17) is 10.5 Å². The Morgan fingerprint density at radius 1 is 1.22 bits per heavy atom. The first-order chi connectivity index (χ1) is 8.54. The fourth-order valence-corrected chi connectivity index (χ4v) is 2.02. The van der Waals surface area contributed by atoms with Gasteiger partial charge in [-0.1, -0.05) is 18.2 Å². The van der Waals surface area contributed by atoms with Crippen molar-refractivity contribution in [3.8, 4) is 11.5 Å². The van der Waals surface area contributed by atoms with Gasteiger partial charge in [-0.2, -0.15) is 5.10 Å². The number of nitrogens with zero attached hydrogens (tertiary/aromatic N) is 2. The summed E-state index contributed by atoms with van der Waals surface area (Å²) >= 11 is 0. The highest BCUT2D eigenvalue weighted by molar-refractivity contribution is 5.45. The molecule has 1 aromatic heterocycles. The predicted octanol–water partition coefficient (Wildman–Crippen LogP) is 2.60. The highest BCUT2D eigenvalue weighted by Gasteiger charge is 2.14. The van der Waals surface area contributed by atoms with Gasteiger partial charge in [0.05, 0.1) is 5.69 Å². The van der Waals surface area contributed by atoms with Gasteiger partial charge in [-0.3, -0.25) is 4.68 Å². The molecule has 96 valence electrons. The fraction of sp³-hybridized carbons (Fsp3) is 0.357. The maximum atomic E-state index is 6.05. The molecule has 0 saturated carbocycles. The second kappa shape index (κ2) is 4.82. The lowest BCUT2D eigenvalue weighted by Crippen LogP contribution is -2.01. The zero-order valence-electron chi connectivity index (χ0n) is 11.3. The number of hydrogen-bond acceptors (Lipinski definition) is 3. The molecule has 0 aliphatic rings. The summed E-state index contributed by atoms with van der Waals surface area (Å²) < 4.78 is 7.87. The van der Waals surface area contributed by atoms with Gasteiger partial charge in [0.1, 0.15) is 11.4 Å². The molecular weight excluding hydrogens is 226 g/mol. The topological polar surface area (TPSA) is 53.1 Å². The van der Waals surface area contributed by atoms with Crippen LogP contribution < -0.4 is 10.5 Å². The van der Waals surface area contributed by atoms with Crippen molar-refractivity contribution in [2.45, 2.75) is 27.3 Å². The van der Waals surface area contributed by atoms with Gasteiger partial charge >= 0.3 is 0 Å². The van der Waals surface area contributed by atoms with Gasteiger partial charge in [0.15, 0.2) is 5.75 Å². The minimum Gasteiger partial charge on any atom is -0.453 e. The summed E-state index contributed by atoms with van der Waals surface area (Å²) in [5, 5.41) is 4.35. The molecule has 0 amide bonds. The van der Waals surface area contributed by atoms with Crippen LogP contribution in [0.25, 0.3) is 0 Å². The molecule has 0 spiro atoms. The Morgan fingerprint density at radius 2 is 1.94 bits per heavy atom. The molecule has 4 heteroatoms. The predicted molar refractivity (Wildman–Crippen MR) is 71.8 cm³/mol.